The molecule has 19 heavy (non-hydrogen) atoms. The predicted molar refractivity (Wildman–Crippen MR) is 69.4 cm³/mol. The van der Waals surface area contributed by atoms with Crippen molar-refractivity contribution in [2.24, 2.45) is 11.8 Å². The van der Waals surface area contributed by atoms with Crippen molar-refractivity contribution >= 4 is 11.9 Å². The molecule has 1 aromatic rings. The molecule has 5 nitrogen and oxygen atoms in total. The van der Waals surface area contributed by atoms with Gasteiger partial charge in [-0.2, -0.15) is 0 Å². The first kappa shape index (κ1) is 13.5. The summed E-state index contributed by atoms with van der Waals surface area (Å²) in [6, 6.07) is 3.81. The molecule has 0 spiro atoms. The number of aliphatic carboxylic acids is 1. The molecule has 1 aliphatic rings. The smallest absolute Gasteiger partial charge is 0.307 e. The average molecular weight is 262 g/mol. The number of carboxylic acids is 1. The fraction of sp³-hybridized carbons (Fsp3) is 0.500. The Kier molecular flexibility index (Phi) is 4.49. The van der Waals surface area contributed by atoms with Crippen molar-refractivity contribution in [2.45, 2.75) is 25.7 Å². The Bertz CT molecular complexity index is 447. The zero-order valence-corrected chi connectivity index (χ0v) is 10.7. The molecule has 2 N–H and O–H groups in total. The fourth-order valence-corrected chi connectivity index (χ4v) is 2.58. The SMILES string of the molecule is O=C(O)C1CCCC1C(=O)NCCc1cccnc1. The Hall–Kier alpha value is -1.91. The maximum absolute atomic E-state index is 12.0. The van der Waals surface area contributed by atoms with E-state index in [1.54, 1.807) is 12.4 Å². The summed E-state index contributed by atoms with van der Waals surface area (Å²) in [7, 11) is 0. The van der Waals surface area contributed by atoms with E-state index in [0.29, 0.717) is 25.8 Å². The van der Waals surface area contributed by atoms with Gasteiger partial charge in [-0.1, -0.05) is 12.5 Å². The maximum atomic E-state index is 12.0. The molecule has 2 rings (SSSR count). The van der Waals surface area contributed by atoms with Crippen LogP contribution in [-0.2, 0) is 16.0 Å². The van der Waals surface area contributed by atoms with Crippen LogP contribution in [0.25, 0.3) is 0 Å². The van der Waals surface area contributed by atoms with Crippen LogP contribution in [0.1, 0.15) is 24.8 Å². The molecule has 5 heteroatoms. The molecule has 0 saturated heterocycles. The van der Waals surface area contributed by atoms with Crippen molar-refractivity contribution in [1.29, 1.82) is 0 Å². The summed E-state index contributed by atoms with van der Waals surface area (Å²) in [5.74, 6) is -1.87. The molecule has 0 aromatic carbocycles. The summed E-state index contributed by atoms with van der Waals surface area (Å²) in [4.78, 5) is 27.0. The largest absolute Gasteiger partial charge is 0.481 e. The van der Waals surface area contributed by atoms with Crippen LogP contribution in [0.3, 0.4) is 0 Å². The van der Waals surface area contributed by atoms with Gasteiger partial charge in [-0.05, 0) is 30.9 Å². The molecule has 0 aliphatic heterocycles. The minimum absolute atomic E-state index is 0.131. The van der Waals surface area contributed by atoms with Crippen molar-refractivity contribution < 1.29 is 14.7 Å². The Morgan fingerprint density at radius 1 is 1.37 bits per heavy atom. The minimum Gasteiger partial charge on any atom is -0.481 e. The number of rotatable bonds is 5. The zero-order chi connectivity index (χ0) is 13.7. The topological polar surface area (TPSA) is 79.3 Å². The third-order valence-electron chi connectivity index (χ3n) is 3.61. The number of carbonyl (C=O) groups is 2. The second-order valence-corrected chi connectivity index (χ2v) is 4.88. The standard InChI is InChI=1S/C14H18N2O3/c17-13(11-4-1-5-12(11)14(18)19)16-8-6-10-3-2-7-15-9-10/h2-3,7,9,11-12H,1,4-6,8H2,(H,16,17)(H,18,19). The minimum atomic E-state index is -0.857. The number of carbonyl (C=O) groups excluding carboxylic acids is 1. The van der Waals surface area contributed by atoms with Gasteiger partial charge in [0.15, 0.2) is 0 Å². The van der Waals surface area contributed by atoms with E-state index in [0.717, 1.165) is 12.0 Å². The Labute approximate surface area is 112 Å². The molecular weight excluding hydrogens is 244 g/mol. The van der Waals surface area contributed by atoms with Crippen LogP contribution in [0, 0.1) is 11.8 Å². The molecule has 102 valence electrons. The van der Waals surface area contributed by atoms with Gasteiger partial charge in [-0.25, -0.2) is 0 Å². The van der Waals surface area contributed by atoms with E-state index >= 15 is 0 Å². The van der Waals surface area contributed by atoms with Gasteiger partial charge in [0.1, 0.15) is 0 Å². The van der Waals surface area contributed by atoms with Gasteiger partial charge in [0, 0.05) is 18.9 Å². The van der Waals surface area contributed by atoms with E-state index in [4.69, 9.17) is 5.11 Å². The van der Waals surface area contributed by atoms with E-state index in [1.807, 2.05) is 12.1 Å². The summed E-state index contributed by atoms with van der Waals surface area (Å²) >= 11 is 0. The maximum Gasteiger partial charge on any atom is 0.307 e. The van der Waals surface area contributed by atoms with Crippen LogP contribution >= 0.6 is 0 Å². The normalized spacial score (nSPS) is 22.1. The van der Waals surface area contributed by atoms with Crippen LogP contribution in [0.4, 0.5) is 0 Å². The second kappa shape index (κ2) is 6.31. The van der Waals surface area contributed by atoms with E-state index in [2.05, 4.69) is 10.3 Å². The average Bonchev–Trinajstić information content (AvgIpc) is 2.89. The van der Waals surface area contributed by atoms with E-state index in [1.165, 1.54) is 0 Å². The summed E-state index contributed by atoms with van der Waals surface area (Å²) < 4.78 is 0. The molecule has 1 saturated carbocycles. The van der Waals surface area contributed by atoms with Crippen molar-refractivity contribution in [3.63, 3.8) is 0 Å². The molecule has 1 aliphatic carbocycles. The van der Waals surface area contributed by atoms with Crippen LogP contribution in [0.15, 0.2) is 24.5 Å². The third-order valence-corrected chi connectivity index (χ3v) is 3.61. The van der Waals surface area contributed by atoms with Gasteiger partial charge in [0.25, 0.3) is 0 Å². The quantitative estimate of drug-likeness (QED) is 0.836. The second-order valence-electron chi connectivity index (χ2n) is 4.88. The molecule has 1 amide bonds. The number of amides is 1. The van der Waals surface area contributed by atoms with Gasteiger partial charge in [0.05, 0.1) is 11.8 Å². The lowest BCUT2D eigenvalue weighted by molar-refractivity contribution is -0.146. The van der Waals surface area contributed by atoms with Crippen molar-refractivity contribution in [2.75, 3.05) is 6.54 Å². The number of hydrogen-bond acceptors (Lipinski definition) is 3. The lowest BCUT2D eigenvalue weighted by atomic mass is 9.95. The first-order valence-electron chi connectivity index (χ1n) is 6.58. The Balaban J connectivity index is 1.80. The lowest BCUT2D eigenvalue weighted by Crippen LogP contribution is -2.36. The lowest BCUT2D eigenvalue weighted by Gasteiger charge is -2.15. The van der Waals surface area contributed by atoms with E-state index in [-0.39, 0.29) is 11.8 Å². The first-order valence-corrected chi connectivity index (χ1v) is 6.58. The zero-order valence-electron chi connectivity index (χ0n) is 10.7. The molecule has 0 radical (unpaired) electrons. The molecule has 0 bridgehead atoms. The van der Waals surface area contributed by atoms with Gasteiger partial charge >= 0.3 is 5.97 Å². The highest BCUT2D eigenvalue weighted by Crippen LogP contribution is 2.31. The fourth-order valence-electron chi connectivity index (χ4n) is 2.58. The number of pyridine rings is 1. The van der Waals surface area contributed by atoms with Crippen molar-refractivity contribution in [3.05, 3.63) is 30.1 Å². The highest BCUT2D eigenvalue weighted by Gasteiger charge is 2.37. The van der Waals surface area contributed by atoms with Crippen molar-refractivity contribution in [3.8, 4) is 0 Å². The summed E-state index contributed by atoms with van der Waals surface area (Å²) in [5.41, 5.74) is 1.06. The van der Waals surface area contributed by atoms with E-state index in [9.17, 15) is 9.59 Å². The van der Waals surface area contributed by atoms with Gasteiger partial charge < -0.3 is 10.4 Å². The van der Waals surface area contributed by atoms with Crippen LogP contribution < -0.4 is 5.32 Å². The Morgan fingerprint density at radius 2 is 2.16 bits per heavy atom. The van der Waals surface area contributed by atoms with Crippen LogP contribution in [0.5, 0.6) is 0 Å². The first-order chi connectivity index (χ1) is 9.18. The van der Waals surface area contributed by atoms with Gasteiger partial charge in [0.2, 0.25) is 5.91 Å². The molecule has 1 heterocycles. The van der Waals surface area contributed by atoms with Gasteiger partial charge in [-0.3, -0.25) is 14.6 Å². The molecule has 1 fully saturated rings. The summed E-state index contributed by atoms with van der Waals surface area (Å²) in [6.07, 6.45) is 6.28. The van der Waals surface area contributed by atoms with Crippen LogP contribution in [-0.4, -0.2) is 28.5 Å². The van der Waals surface area contributed by atoms with Gasteiger partial charge in [-0.15, -0.1) is 0 Å². The summed E-state index contributed by atoms with van der Waals surface area (Å²) in [5, 5.41) is 11.9. The van der Waals surface area contributed by atoms with E-state index < -0.39 is 11.9 Å². The molecular formula is C14H18N2O3. The predicted octanol–water partition coefficient (Wildman–Crippen LogP) is 1.24. The molecule has 1 aromatic heterocycles. The Morgan fingerprint density at radius 3 is 2.84 bits per heavy atom. The number of aromatic nitrogens is 1. The molecule has 2 atom stereocenters. The summed E-state index contributed by atoms with van der Waals surface area (Å²) in [6.45, 7) is 0.521. The molecule has 2 unspecified atom stereocenters. The van der Waals surface area contributed by atoms with Crippen LogP contribution in [0.2, 0.25) is 0 Å². The highest BCUT2D eigenvalue weighted by molar-refractivity contribution is 5.85. The number of nitrogens with one attached hydrogen (secondary N) is 1. The number of nitrogens with zero attached hydrogens (tertiary/aromatic N) is 1. The number of carboxylic acid groups (broad SMARTS) is 1. The van der Waals surface area contributed by atoms with Crippen molar-refractivity contribution in [1.82, 2.24) is 10.3 Å². The monoisotopic (exact) mass is 262 g/mol. The third kappa shape index (κ3) is 3.53. The number of hydrogen-bond donors (Lipinski definition) is 2. The highest BCUT2D eigenvalue weighted by atomic mass is 16.4.